The van der Waals surface area contributed by atoms with Crippen molar-refractivity contribution in [1.29, 1.82) is 0 Å². The molecular formula is C10H12FNO3. The fourth-order valence-corrected chi connectivity index (χ4v) is 1.16. The molecule has 15 heavy (non-hydrogen) atoms. The zero-order valence-corrected chi connectivity index (χ0v) is 8.24. The van der Waals surface area contributed by atoms with E-state index in [9.17, 15) is 9.18 Å². The first-order chi connectivity index (χ1) is 7.04. The maximum atomic E-state index is 12.7. The van der Waals surface area contributed by atoms with Crippen molar-refractivity contribution in [2.45, 2.75) is 5.54 Å². The van der Waals surface area contributed by atoms with Crippen molar-refractivity contribution in [1.82, 2.24) is 0 Å². The summed E-state index contributed by atoms with van der Waals surface area (Å²) in [5, 5.41) is 8.84. The topological polar surface area (TPSA) is 72.5 Å². The Labute approximate surface area is 86.5 Å². The second-order valence-electron chi connectivity index (χ2n) is 3.14. The Hall–Kier alpha value is -1.62. The lowest BCUT2D eigenvalue weighted by atomic mass is 9.92. The zero-order valence-electron chi connectivity index (χ0n) is 8.24. The third-order valence-electron chi connectivity index (χ3n) is 2.18. The van der Waals surface area contributed by atoms with Crippen LogP contribution in [0.2, 0.25) is 0 Å². The van der Waals surface area contributed by atoms with Gasteiger partial charge in [0.25, 0.3) is 0 Å². The molecule has 0 aliphatic heterocycles. The Bertz CT molecular complexity index is 369. The van der Waals surface area contributed by atoms with E-state index in [0.29, 0.717) is 5.75 Å². The molecule has 0 aliphatic carbocycles. The zero-order chi connectivity index (χ0) is 11.5. The summed E-state index contributed by atoms with van der Waals surface area (Å²) in [6.07, 6.45) is 0. The van der Waals surface area contributed by atoms with Gasteiger partial charge in [-0.15, -0.1) is 0 Å². The number of methoxy groups -OCH3 is 1. The van der Waals surface area contributed by atoms with Crippen LogP contribution in [0.1, 0.15) is 5.56 Å². The highest BCUT2D eigenvalue weighted by Crippen LogP contribution is 2.23. The lowest BCUT2D eigenvalue weighted by Gasteiger charge is -2.21. The van der Waals surface area contributed by atoms with Crippen molar-refractivity contribution in [2.24, 2.45) is 5.73 Å². The van der Waals surface area contributed by atoms with Gasteiger partial charge in [-0.1, -0.05) is 12.1 Å². The molecule has 1 rings (SSSR count). The smallest absolute Gasteiger partial charge is 0.331 e. The van der Waals surface area contributed by atoms with Gasteiger partial charge in [-0.3, -0.25) is 0 Å². The van der Waals surface area contributed by atoms with Crippen molar-refractivity contribution in [3.63, 3.8) is 0 Å². The molecule has 5 heteroatoms. The van der Waals surface area contributed by atoms with E-state index in [2.05, 4.69) is 0 Å². The maximum Gasteiger partial charge on any atom is 0.331 e. The largest absolute Gasteiger partial charge is 0.497 e. The summed E-state index contributed by atoms with van der Waals surface area (Å²) in [5.41, 5.74) is 3.63. The molecule has 0 aliphatic rings. The number of nitrogens with two attached hydrogens (primary N) is 1. The molecule has 1 aromatic carbocycles. The van der Waals surface area contributed by atoms with Crippen LogP contribution < -0.4 is 10.5 Å². The molecule has 1 atom stereocenters. The molecule has 0 fully saturated rings. The van der Waals surface area contributed by atoms with Gasteiger partial charge in [0.05, 0.1) is 7.11 Å². The minimum absolute atomic E-state index is 0.178. The summed E-state index contributed by atoms with van der Waals surface area (Å²) in [6.45, 7) is -1.17. The Balaban J connectivity index is 3.18. The number of alkyl halides is 1. The molecule has 0 aromatic heterocycles. The Kier molecular flexibility index (Phi) is 3.26. The highest BCUT2D eigenvalue weighted by Gasteiger charge is 2.36. The van der Waals surface area contributed by atoms with Gasteiger partial charge >= 0.3 is 5.97 Å². The van der Waals surface area contributed by atoms with Crippen LogP contribution in [0.3, 0.4) is 0 Å². The molecule has 1 aromatic rings. The molecule has 82 valence electrons. The van der Waals surface area contributed by atoms with Crippen LogP contribution in [0, 0.1) is 0 Å². The number of rotatable bonds is 4. The van der Waals surface area contributed by atoms with Gasteiger partial charge in [-0.2, -0.15) is 0 Å². The van der Waals surface area contributed by atoms with E-state index in [0.717, 1.165) is 0 Å². The molecule has 0 amide bonds. The summed E-state index contributed by atoms with van der Waals surface area (Å²) in [6, 6.07) is 6.06. The summed E-state index contributed by atoms with van der Waals surface area (Å²) in [5.74, 6) is -0.963. The quantitative estimate of drug-likeness (QED) is 0.779. The summed E-state index contributed by atoms with van der Waals surface area (Å²) in [4.78, 5) is 10.8. The maximum absolute atomic E-state index is 12.7. The number of benzene rings is 1. The first-order valence-electron chi connectivity index (χ1n) is 4.27. The number of halogens is 1. The van der Waals surface area contributed by atoms with Crippen LogP contribution >= 0.6 is 0 Å². The molecular weight excluding hydrogens is 201 g/mol. The van der Waals surface area contributed by atoms with Gasteiger partial charge in [0.1, 0.15) is 12.4 Å². The lowest BCUT2D eigenvalue weighted by molar-refractivity contribution is -0.144. The minimum Gasteiger partial charge on any atom is -0.497 e. The summed E-state index contributed by atoms with van der Waals surface area (Å²) >= 11 is 0. The Morgan fingerprint density at radius 2 is 2.33 bits per heavy atom. The van der Waals surface area contributed by atoms with Gasteiger partial charge in [0.2, 0.25) is 0 Å². The van der Waals surface area contributed by atoms with Gasteiger partial charge < -0.3 is 15.6 Å². The SMILES string of the molecule is COc1cccc(C(N)(CF)C(=O)O)c1. The van der Waals surface area contributed by atoms with Crippen molar-refractivity contribution < 1.29 is 19.0 Å². The van der Waals surface area contributed by atoms with Gasteiger partial charge in [0, 0.05) is 0 Å². The predicted octanol–water partition coefficient (Wildman–Crippen LogP) is 0.903. The number of carbonyl (C=O) groups is 1. The molecule has 3 N–H and O–H groups in total. The molecule has 1 unspecified atom stereocenters. The number of hydrogen-bond acceptors (Lipinski definition) is 3. The second kappa shape index (κ2) is 4.27. The molecule has 0 saturated heterocycles. The summed E-state index contributed by atoms with van der Waals surface area (Å²) in [7, 11) is 1.44. The number of aliphatic carboxylic acids is 1. The van der Waals surface area contributed by atoms with Crippen LogP contribution in [0.25, 0.3) is 0 Å². The number of ether oxygens (including phenoxy) is 1. The molecule has 0 heterocycles. The predicted molar refractivity (Wildman–Crippen MR) is 52.5 cm³/mol. The number of carboxylic acids is 1. The highest BCUT2D eigenvalue weighted by molar-refractivity contribution is 5.80. The fraction of sp³-hybridized carbons (Fsp3) is 0.300. The van der Waals surface area contributed by atoms with E-state index < -0.39 is 18.2 Å². The second-order valence-corrected chi connectivity index (χ2v) is 3.14. The third kappa shape index (κ3) is 2.07. The molecule has 0 radical (unpaired) electrons. The Morgan fingerprint density at radius 3 is 2.80 bits per heavy atom. The first kappa shape index (κ1) is 11.5. The molecule has 0 spiro atoms. The van der Waals surface area contributed by atoms with Crippen LogP contribution in [0.4, 0.5) is 4.39 Å². The first-order valence-corrected chi connectivity index (χ1v) is 4.27. The van der Waals surface area contributed by atoms with Crippen LogP contribution in [0.5, 0.6) is 5.75 Å². The van der Waals surface area contributed by atoms with E-state index in [4.69, 9.17) is 15.6 Å². The minimum atomic E-state index is -2.01. The van der Waals surface area contributed by atoms with Crippen molar-refractivity contribution >= 4 is 5.97 Å². The normalized spacial score (nSPS) is 14.3. The van der Waals surface area contributed by atoms with E-state index >= 15 is 0 Å². The fourth-order valence-electron chi connectivity index (χ4n) is 1.16. The molecule has 0 bridgehead atoms. The van der Waals surface area contributed by atoms with E-state index in [1.54, 1.807) is 12.1 Å². The molecule has 4 nitrogen and oxygen atoms in total. The van der Waals surface area contributed by atoms with Crippen LogP contribution in [-0.2, 0) is 10.3 Å². The third-order valence-corrected chi connectivity index (χ3v) is 2.18. The van der Waals surface area contributed by atoms with Crippen molar-refractivity contribution in [3.8, 4) is 5.75 Å². The monoisotopic (exact) mass is 213 g/mol. The average Bonchev–Trinajstić information content (AvgIpc) is 2.27. The average molecular weight is 213 g/mol. The van der Waals surface area contributed by atoms with E-state index in [-0.39, 0.29) is 5.56 Å². The number of hydrogen-bond donors (Lipinski definition) is 2. The van der Waals surface area contributed by atoms with Crippen molar-refractivity contribution in [2.75, 3.05) is 13.8 Å². The summed E-state index contributed by atoms with van der Waals surface area (Å²) < 4.78 is 17.6. The van der Waals surface area contributed by atoms with Gasteiger partial charge in [-0.05, 0) is 17.7 Å². The Morgan fingerprint density at radius 1 is 1.67 bits per heavy atom. The van der Waals surface area contributed by atoms with Gasteiger partial charge in [0.15, 0.2) is 5.54 Å². The molecule has 0 saturated carbocycles. The highest BCUT2D eigenvalue weighted by atomic mass is 19.1. The van der Waals surface area contributed by atoms with Gasteiger partial charge in [-0.25, -0.2) is 9.18 Å². The standard InChI is InChI=1S/C10H12FNO3/c1-15-8-4-2-3-7(5-8)10(12,6-11)9(13)14/h2-5H,6,12H2,1H3,(H,13,14). The lowest BCUT2D eigenvalue weighted by Crippen LogP contribution is -2.46. The van der Waals surface area contributed by atoms with Crippen molar-refractivity contribution in [3.05, 3.63) is 29.8 Å². The van der Waals surface area contributed by atoms with E-state index in [1.165, 1.54) is 19.2 Å². The van der Waals surface area contributed by atoms with E-state index in [1.807, 2.05) is 0 Å². The van der Waals surface area contributed by atoms with Crippen LogP contribution in [-0.4, -0.2) is 24.9 Å². The van der Waals surface area contributed by atoms with Crippen LogP contribution in [0.15, 0.2) is 24.3 Å². The number of carboxylic acid groups (broad SMARTS) is 1.